The molecule has 2 heterocycles. The first-order valence-electron chi connectivity index (χ1n) is 8.45. The second-order valence-corrected chi connectivity index (χ2v) is 6.39. The molecular weight excluding hydrogens is 306 g/mol. The number of fused-ring (bicyclic) bond motifs is 1. The van der Waals surface area contributed by atoms with Gasteiger partial charge in [0.25, 0.3) is 11.5 Å². The molecule has 1 aliphatic heterocycles. The van der Waals surface area contributed by atoms with Crippen LogP contribution >= 0.6 is 0 Å². The maximum Gasteiger partial charge on any atom is 0.275 e. The van der Waals surface area contributed by atoms with E-state index in [2.05, 4.69) is 5.10 Å². The van der Waals surface area contributed by atoms with E-state index < -0.39 is 0 Å². The molecule has 6 heteroatoms. The summed E-state index contributed by atoms with van der Waals surface area (Å²) in [5, 5.41) is 5.55. The highest BCUT2D eigenvalue weighted by atomic mass is 16.5. The number of hydrogen-bond acceptors (Lipinski definition) is 4. The number of benzene rings is 1. The third kappa shape index (κ3) is 3.06. The number of carbonyl (C=O) groups is 1. The molecule has 0 N–H and O–H groups in total. The quantitative estimate of drug-likeness (QED) is 0.864. The lowest BCUT2D eigenvalue weighted by molar-refractivity contribution is -0.0587. The summed E-state index contributed by atoms with van der Waals surface area (Å²) < 4.78 is 7.11. The Morgan fingerprint density at radius 1 is 1.21 bits per heavy atom. The van der Waals surface area contributed by atoms with Crippen LogP contribution in [0.2, 0.25) is 0 Å². The molecule has 24 heavy (non-hydrogen) atoms. The predicted octanol–water partition coefficient (Wildman–Crippen LogP) is 2.06. The Kier molecular flexibility index (Phi) is 4.66. The number of morpholine rings is 1. The van der Waals surface area contributed by atoms with Crippen LogP contribution in [0.4, 0.5) is 0 Å². The molecule has 0 saturated carbocycles. The van der Waals surface area contributed by atoms with E-state index >= 15 is 0 Å². The van der Waals surface area contributed by atoms with Crippen LogP contribution in [0.3, 0.4) is 0 Å². The predicted molar refractivity (Wildman–Crippen MR) is 92.2 cm³/mol. The molecule has 0 radical (unpaired) electrons. The first-order valence-corrected chi connectivity index (χ1v) is 8.45. The minimum Gasteiger partial charge on any atom is -0.372 e. The maximum atomic E-state index is 13.1. The molecule has 128 valence electrons. The average Bonchev–Trinajstić information content (AvgIpc) is 2.56. The highest BCUT2D eigenvalue weighted by Crippen LogP contribution is 2.18. The number of amides is 1. The van der Waals surface area contributed by atoms with Gasteiger partial charge in [-0.05, 0) is 26.3 Å². The summed E-state index contributed by atoms with van der Waals surface area (Å²) in [4.78, 5) is 27.4. The Hall–Kier alpha value is -2.21. The number of carbonyl (C=O) groups excluding carboxylic acids is 1. The summed E-state index contributed by atoms with van der Waals surface area (Å²) in [6.07, 6.45) is 0.765. The van der Waals surface area contributed by atoms with Crippen molar-refractivity contribution in [3.05, 3.63) is 40.3 Å². The monoisotopic (exact) mass is 329 g/mol. The van der Waals surface area contributed by atoms with E-state index in [4.69, 9.17) is 4.74 Å². The van der Waals surface area contributed by atoms with Gasteiger partial charge in [0.05, 0.1) is 17.6 Å². The van der Waals surface area contributed by atoms with Gasteiger partial charge >= 0.3 is 0 Å². The van der Waals surface area contributed by atoms with Crippen molar-refractivity contribution >= 4 is 16.7 Å². The Morgan fingerprint density at radius 3 is 2.46 bits per heavy atom. The zero-order valence-electron chi connectivity index (χ0n) is 14.4. The topological polar surface area (TPSA) is 64.4 Å². The van der Waals surface area contributed by atoms with Crippen LogP contribution in [-0.2, 0) is 11.3 Å². The van der Waals surface area contributed by atoms with Crippen LogP contribution in [0.15, 0.2) is 29.1 Å². The van der Waals surface area contributed by atoms with Crippen molar-refractivity contribution in [2.24, 2.45) is 0 Å². The lowest BCUT2D eigenvalue weighted by atomic mass is 10.1. The minimum absolute atomic E-state index is 0.00879. The first kappa shape index (κ1) is 16.6. The summed E-state index contributed by atoms with van der Waals surface area (Å²) in [5.41, 5.74) is 0.202. The van der Waals surface area contributed by atoms with Crippen molar-refractivity contribution in [1.29, 1.82) is 0 Å². The molecule has 0 bridgehead atoms. The Labute approximate surface area is 141 Å². The van der Waals surface area contributed by atoms with Crippen molar-refractivity contribution in [1.82, 2.24) is 14.7 Å². The summed E-state index contributed by atoms with van der Waals surface area (Å²) in [5.74, 6) is -0.141. The number of aromatic nitrogens is 2. The average molecular weight is 329 g/mol. The lowest BCUT2D eigenvalue weighted by Crippen LogP contribution is -2.48. The van der Waals surface area contributed by atoms with E-state index in [1.807, 2.05) is 32.9 Å². The normalized spacial score (nSPS) is 21.2. The standard InChI is InChI=1S/C18H23N3O3/c1-4-9-21-17(22)15-8-6-5-7-14(15)16(19-21)18(23)20-10-12(2)24-13(3)11-20/h5-8,12-13H,4,9-11H2,1-3H3/t12-,13+. The SMILES string of the molecule is CCCn1nc(C(=O)N2C[C@@H](C)O[C@@H](C)C2)c2ccccc2c1=O. The zero-order valence-corrected chi connectivity index (χ0v) is 14.4. The number of nitrogens with zero attached hydrogens (tertiary/aromatic N) is 3. The number of hydrogen-bond donors (Lipinski definition) is 0. The highest BCUT2D eigenvalue weighted by molar-refractivity contribution is 6.04. The van der Waals surface area contributed by atoms with Gasteiger partial charge in [0.2, 0.25) is 0 Å². The molecule has 0 aliphatic carbocycles. The van der Waals surface area contributed by atoms with Crippen LogP contribution in [0.1, 0.15) is 37.7 Å². The van der Waals surface area contributed by atoms with Crippen LogP contribution in [0.25, 0.3) is 10.8 Å². The van der Waals surface area contributed by atoms with Gasteiger partial charge in [0.15, 0.2) is 5.69 Å². The molecule has 6 nitrogen and oxygen atoms in total. The van der Waals surface area contributed by atoms with Crippen LogP contribution in [0, 0.1) is 0 Å². The molecule has 1 fully saturated rings. The largest absolute Gasteiger partial charge is 0.372 e. The van der Waals surface area contributed by atoms with Crippen LogP contribution in [-0.4, -0.2) is 45.9 Å². The van der Waals surface area contributed by atoms with Crippen molar-refractivity contribution in [3.8, 4) is 0 Å². The van der Waals surface area contributed by atoms with Gasteiger partial charge in [-0.1, -0.05) is 25.1 Å². The van der Waals surface area contributed by atoms with E-state index in [9.17, 15) is 9.59 Å². The molecule has 1 aromatic heterocycles. The smallest absolute Gasteiger partial charge is 0.275 e. The molecule has 0 spiro atoms. The van der Waals surface area contributed by atoms with Gasteiger partial charge in [-0.15, -0.1) is 0 Å². The second kappa shape index (κ2) is 6.73. The second-order valence-electron chi connectivity index (χ2n) is 6.39. The van der Waals surface area contributed by atoms with Crippen molar-refractivity contribution in [2.75, 3.05) is 13.1 Å². The van der Waals surface area contributed by atoms with Gasteiger partial charge < -0.3 is 9.64 Å². The fraction of sp³-hybridized carbons (Fsp3) is 0.500. The van der Waals surface area contributed by atoms with Gasteiger partial charge in [-0.2, -0.15) is 5.10 Å². The Balaban J connectivity index is 2.09. The van der Waals surface area contributed by atoms with E-state index in [-0.39, 0.29) is 23.7 Å². The fourth-order valence-corrected chi connectivity index (χ4v) is 3.25. The van der Waals surface area contributed by atoms with Gasteiger partial charge in [0, 0.05) is 25.0 Å². The molecule has 1 amide bonds. The molecule has 1 saturated heterocycles. The third-order valence-electron chi connectivity index (χ3n) is 4.21. The molecule has 3 rings (SSSR count). The van der Waals surface area contributed by atoms with Crippen molar-refractivity contribution in [2.45, 2.75) is 45.9 Å². The number of rotatable bonds is 3. The highest BCUT2D eigenvalue weighted by Gasteiger charge is 2.29. The molecule has 1 aromatic carbocycles. The van der Waals surface area contributed by atoms with Crippen LogP contribution < -0.4 is 5.56 Å². The zero-order chi connectivity index (χ0) is 17.3. The van der Waals surface area contributed by atoms with Crippen molar-refractivity contribution in [3.63, 3.8) is 0 Å². The van der Waals surface area contributed by atoms with E-state index in [0.717, 1.165) is 6.42 Å². The van der Waals surface area contributed by atoms with Gasteiger partial charge in [-0.3, -0.25) is 9.59 Å². The molecule has 1 aliphatic rings. The molecule has 2 atom stereocenters. The first-order chi connectivity index (χ1) is 11.5. The molecule has 0 unspecified atom stereocenters. The molecule has 2 aromatic rings. The van der Waals surface area contributed by atoms with Gasteiger partial charge in [-0.25, -0.2) is 4.68 Å². The summed E-state index contributed by atoms with van der Waals surface area (Å²) in [6.45, 7) is 7.47. The number of aryl methyl sites for hydroxylation is 1. The van der Waals surface area contributed by atoms with Crippen LogP contribution in [0.5, 0.6) is 0 Å². The minimum atomic E-state index is -0.146. The third-order valence-corrected chi connectivity index (χ3v) is 4.21. The Bertz CT molecular complexity index is 805. The Morgan fingerprint density at radius 2 is 1.83 bits per heavy atom. The van der Waals surface area contributed by atoms with Gasteiger partial charge in [0.1, 0.15) is 0 Å². The maximum absolute atomic E-state index is 13.1. The van der Waals surface area contributed by atoms with E-state index in [1.54, 1.807) is 17.0 Å². The van der Waals surface area contributed by atoms with E-state index in [0.29, 0.717) is 36.1 Å². The molecular formula is C18H23N3O3. The summed E-state index contributed by atoms with van der Waals surface area (Å²) >= 11 is 0. The van der Waals surface area contributed by atoms with Crippen molar-refractivity contribution < 1.29 is 9.53 Å². The lowest BCUT2D eigenvalue weighted by Gasteiger charge is -2.35. The summed E-state index contributed by atoms with van der Waals surface area (Å²) in [6, 6.07) is 7.19. The fourth-order valence-electron chi connectivity index (χ4n) is 3.25. The number of ether oxygens (including phenoxy) is 1. The summed E-state index contributed by atoms with van der Waals surface area (Å²) in [7, 11) is 0. The van der Waals surface area contributed by atoms with E-state index in [1.165, 1.54) is 4.68 Å².